The topological polar surface area (TPSA) is 92.9 Å². The van der Waals surface area contributed by atoms with Crippen LogP contribution in [0.25, 0.3) is 50.1 Å². The number of benzene rings is 8. The second-order valence-electron chi connectivity index (χ2n) is 22.6. The lowest BCUT2D eigenvalue weighted by atomic mass is 9.76. The summed E-state index contributed by atoms with van der Waals surface area (Å²) in [7, 11) is 0. The van der Waals surface area contributed by atoms with Crippen LogP contribution in [0.15, 0.2) is 187 Å². The predicted molar refractivity (Wildman–Crippen MR) is 331 cm³/mol. The van der Waals surface area contributed by atoms with E-state index in [2.05, 4.69) is 209 Å². The van der Waals surface area contributed by atoms with Gasteiger partial charge in [0, 0.05) is 68.4 Å². The second-order valence-corrected chi connectivity index (χ2v) is 22.6. The fourth-order valence-corrected chi connectivity index (χ4v) is 11.8. The summed E-state index contributed by atoms with van der Waals surface area (Å²) in [5.74, 6) is 0.0719. The molecule has 1 unspecified atom stereocenters. The van der Waals surface area contributed by atoms with Crippen molar-refractivity contribution >= 4 is 72.7 Å². The third kappa shape index (κ3) is 9.74. The minimum absolute atomic E-state index is 0.128. The Labute approximate surface area is 468 Å². The van der Waals surface area contributed by atoms with E-state index in [0.29, 0.717) is 27.8 Å². The molecule has 8 aromatic carbocycles. The van der Waals surface area contributed by atoms with Gasteiger partial charge >= 0.3 is 11.3 Å². The Bertz CT molecular complexity index is 4310. The number of rotatable bonds is 13. The van der Waals surface area contributed by atoms with Crippen LogP contribution in [-0.4, -0.2) is 4.98 Å². The van der Waals surface area contributed by atoms with E-state index in [1.54, 1.807) is 6.07 Å². The van der Waals surface area contributed by atoms with E-state index in [0.717, 1.165) is 101 Å². The van der Waals surface area contributed by atoms with Crippen LogP contribution in [0.5, 0.6) is 0 Å². The highest BCUT2D eigenvalue weighted by Gasteiger charge is 2.28. The molecule has 400 valence electrons. The van der Waals surface area contributed by atoms with E-state index >= 15 is 0 Å². The van der Waals surface area contributed by atoms with Crippen LogP contribution in [0.4, 0.5) is 34.1 Å². The van der Waals surface area contributed by atoms with Crippen molar-refractivity contribution in [3.8, 4) is 11.5 Å². The van der Waals surface area contributed by atoms with Crippen molar-refractivity contribution in [3.63, 3.8) is 0 Å². The quantitative estimate of drug-likeness (QED) is 0.105. The van der Waals surface area contributed by atoms with E-state index in [-0.39, 0.29) is 17.4 Å². The molecule has 0 N–H and O–H groups in total. The second kappa shape index (κ2) is 20.7. The molecule has 0 saturated carbocycles. The molecule has 3 heterocycles. The molecule has 1 atom stereocenters. The third-order valence-corrected chi connectivity index (χ3v) is 16.2. The van der Waals surface area contributed by atoms with Crippen molar-refractivity contribution in [2.45, 2.75) is 101 Å². The number of nitrogens with zero attached hydrogens (tertiary/aromatic N) is 3. The van der Waals surface area contributed by atoms with Crippen LogP contribution in [-0.2, 0) is 5.41 Å². The van der Waals surface area contributed by atoms with Gasteiger partial charge in [-0.15, -0.1) is 0 Å². The van der Waals surface area contributed by atoms with E-state index in [1.165, 1.54) is 22.3 Å². The molecule has 0 radical (unpaired) electrons. The van der Waals surface area contributed by atoms with Crippen LogP contribution in [0.1, 0.15) is 105 Å². The van der Waals surface area contributed by atoms with Crippen molar-refractivity contribution in [1.82, 2.24) is 4.98 Å². The van der Waals surface area contributed by atoms with Crippen LogP contribution < -0.4 is 21.1 Å². The first-order chi connectivity index (χ1) is 38.3. The van der Waals surface area contributed by atoms with E-state index in [9.17, 15) is 9.59 Å². The summed E-state index contributed by atoms with van der Waals surface area (Å²) in [4.78, 5) is 37.3. The molecule has 0 spiro atoms. The Morgan fingerprint density at radius 3 is 1.43 bits per heavy atom. The Morgan fingerprint density at radius 1 is 0.487 bits per heavy atom. The molecule has 11 aromatic rings. The average Bonchev–Trinajstić information content (AvgIpc) is 3.87. The molecule has 0 bridgehead atoms. The van der Waals surface area contributed by atoms with Gasteiger partial charge in [0.2, 0.25) is 5.89 Å². The molecule has 8 heteroatoms. The Kier molecular flexibility index (Phi) is 13.7. The zero-order valence-corrected chi connectivity index (χ0v) is 47.9. The first-order valence-electron chi connectivity index (χ1n) is 27.5. The van der Waals surface area contributed by atoms with Gasteiger partial charge in [-0.05, 0) is 192 Å². The number of aromatic nitrogens is 1. The molecular formula is C72H67N3O5. The van der Waals surface area contributed by atoms with Gasteiger partial charge in [-0.1, -0.05) is 122 Å². The summed E-state index contributed by atoms with van der Waals surface area (Å²) < 4.78 is 18.6. The minimum atomic E-state index is -0.532. The number of hydrogen-bond acceptors (Lipinski definition) is 8. The van der Waals surface area contributed by atoms with Gasteiger partial charge in [0.05, 0.1) is 5.56 Å². The van der Waals surface area contributed by atoms with Crippen LogP contribution in [0.2, 0.25) is 0 Å². The number of oxazole rings is 1. The van der Waals surface area contributed by atoms with Crippen LogP contribution in [0, 0.1) is 62.3 Å². The lowest BCUT2D eigenvalue weighted by Gasteiger charge is -2.29. The molecule has 0 fully saturated rings. The van der Waals surface area contributed by atoms with Gasteiger partial charge in [0.25, 0.3) is 0 Å². The number of allylic oxidation sites excluding steroid dienone is 1. The van der Waals surface area contributed by atoms with E-state index < -0.39 is 16.7 Å². The van der Waals surface area contributed by atoms with E-state index in [4.69, 9.17) is 18.2 Å². The minimum Gasteiger partial charge on any atom is -0.436 e. The smallest absolute Gasteiger partial charge is 0.349 e. The van der Waals surface area contributed by atoms with Gasteiger partial charge in [-0.25, -0.2) is 14.6 Å². The maximum absolute atomic E-state index is 14.1. The van der Waals surface area contributed by atoms with Gasteiger partial charge in [0.1, 0.15) is 22.2 Å². The van der Waals surface area contributed by atoms with Crippen molar-refractivity contribution in [1.29, 1.82) is 0 Å². The molecule has 0 aliphatic carbocycles. The lowest BCUT2D eigenvalue weighted by Crippen LogP contribution is -2.19. The molecule has 0 aliphatic rings. The maximum Gasteiger partial charge on any atom is 0.349 e. The van der Waals surface area contributed by atoms with Gasteiger partial charge < -0.3 is 23.1 Å². The SMILES string of the molecule is C=C(c1cc2ccc(N(c3ccc(C)cc3C)c3ccc(C)cc3C)cc2oc1=O)C(CC)c1ccc(C(C)(C)c2ccc3oc(-c4cc5ccc(N(c6ccc(C)cc6C)c6ccc(C)cc6C)cc5oc4=O)nc3c2)cc1C. The number of aryl methyl sites for hydroxylation is 9. The summed E-state index contributed by atoms with van der Waals surface area (Å²) >= 11 is 0. The largest absolute Gasteiger partial charge is 0.436 e. The van der Waals surface area contributed by atoms with Crippen LogP contribution in [0.3, 0.4) is 0 Å². The Morgan fingerprint density at radius 2 is 0.950 bits per heavy atom. The van der Waals surface area contributed by atoms with Crippen molar-refractivity contribution < 1.29 is 13.3 Å². The lowest BCUT2D eigenvalue weighted by molar-refractivity contribution is 0.553. The fraction of sp³-hybridized carbons (Fsp3) is 0.208. The van der Waals surface area contributed by atoms with Gasteiger partial charge in [0.15, 0.2) is 5.58 Å². The van der Waals surface area contributed by atoms with Gasteiger partial charge in [-0.3, -0.25) is 0 Å². The molecule has 8 nitrogen and oxygen atoms in total. The maximum atomic E-state index is 14.1. The third-order valence-electron chi connectivity index (χ3n) is 16.2. The normalized spacial score (nSPS) is 12.2. The molecule has 11 rings (SSSR count). The predicted octanol–water partition coefficient (Wildman–Crippen LogP) is 19.0. The van der Waals surface area contributed by atoms with Crippen molar-refractivity contribution in [3.05, 3.63) is 257 Å². The first kappa shape index (κ1) is 53.0. The van der Waals surface area contributed by atoms with E-state index in [1.807, 2.05) is 42.5 Å². The van der Waals surface area contributed by atoms with Crippen molar-refractivity contribution in [2.24, 2.45) is 0 Å². The zero-order chi connectivity index (χ0) is 56.5. The Hall–Kier alpha value is -9.01. The highest BCUT2D eigenvalue weighted by Crippen LogP contribution is 2.44. The molecule has 3 aromatic heterocycles. The number of fused-ring (bicyclic) bond motifs is 3. The summed E-state index contributed by atoms with van der Waals surface area (Å²) in [6.45, 7) is 30.1. The zero-order valence-electron chi connectivity index (χ0n) is 47.9. The monoisotopic (exact) mass is 1050 g/mol. The summed E-state index contributed by atoms with van der Waals surface area (Å²) in [5, 5.41) is 1.58. The summed E-state index contributed by atoms with van der Waals surface area (Å²) in [6, 6.07) is 54.3. The highest BCUT2D eigenvalue weighted by atomic mass is 16.4. The fourth-order valence-electron chi connectivity index (χ4n) is 11.8. The standard InChI is InChI=1S/C72H67N3O5/c1-14-57(50(11)59-36-51-19-23-55(39-67(51)79-70(59)76)74(62-26-15-41(2)31-46(62)7)63-27-16-42(3)32-47(63)8)58-25-21-53(35-45(58)6)72(12,13)54-22-30-66-61(38-54)73-69(78-66)60-37-52-20-24-56(40-68(52)80-71(60)77)75(64-28-17-43(4)33-48(64)9)65-29-18-44(5)34-49(65)10/h15-40,57H,11,14H2,1-10,12-13H3. The van der Waals surface area contributed by atoms with Crippen LogP contribution >= 0.6 is 0 Å². The summed E-state index contributed by atoms with van der Waals surface area (Å²) in [6.07, 6.45) is 0.738. The molecule has 0 aliphatic heterocycles. The number of hydrogen-bond donors (Lipinski definition) is 0. The average molecular weight is 1050 g/mol. The number of anilines is 6. The molecule has 0 saturated heterocycles. The Balaban J connectivity index is 0.853. The van der Waals surface area contributed by atoms with Gasteiger partial charge in [-0.2, -0.15) is 0 Å². The first-order valence-corrected chi connectivity index (χ1v) is 27.5. The van der Waals surface area contributed by atoms with Crippen molar-refractivity contribution in [2.75, 3.05) is 9.80 Å². The molecule has 0 amide bonds. The highest BCUT2D eigenvalue weighted by molar-refractivity contribution is 5.91. The molecule has 80 heavy (non-hydrogen) atoms. The summed E-state index contributed by atoms with van der Waals surface area (Å²) in [5.41, 5.74) is 21.9. The molecular weight excluding hydrogens is 987 g/mol.